The number of carboxylic acid groups (broad SMARTS) is 1. The predicted molar refractivity (Wildman–Crippen MR) is 133 cm³/mol. The van der Waals surface area contributed by atoms with Gasteiger partial charge in [-0.3, -0.25) is 19.7 Å². The largest absolute Gasteiger partial charge is 0.478 e. The maximum atomic E-state index is 13.3. The molecule has 0 aliphatic heterocycles. The molecule has 2 amide bonds. The lowest BCUT2D eigenvalue weighted by atomic mass is 10.1. The van der Waals surface area contributed by atoms with Gasteiger partial charge >= 0.3 is 5.97 Å². The number of anilines is 2. The normalized spacial score (nSPS) is 11.6. The monoisotopic (exact) mass is 491 g/mol. The van der Waals surface area contributed by atoms with E-state index in [2.05, 4.69) is 10.6 Å². The summed E-state index contributed by atoms with van der Waals surface area (Å²) in [6.45, 7) is 1.75. The number of carboxylic acids is 1. The number of aliphatic carboxylic acids is 1. The first-order valence-electron chi connectivity index (χ1n) is 10.3. The van der Waals surface area contributed by atoms with E-state index in [0.29, 0.717) is 21.8 Å². The topological polar surface area (TPSA) is 139 Å². The number of non-ortho nitro benzene ring substituents is 1. The highest BCUT2D eigenvalue weighted by Gasteiger charge is 2.23. The van der Waals surface area contributed by atoms with E-state index < -0.39 is 22.0 Å². The Morgan fingerprint density at radius 3 is 2.40 bits per heavy atom. The number of hydrogen-bond donors (Lipinski definition) is 3. The summed E-state index contributed by atoms with van der Waals surface area (Å²) in [6.07, 6.45) is 1.64. The number of thioether (sulfide) groups is 1. The van der Waals surface area contributed by atoms with Crippen molar-refractivity contribution in [2.24, 2.45) is 0 Å². The molecule has 178 valence electrons. The van der Waals surface area contributed by atoms with Crippen LogP contribution in [0.25, 0.3) is 0 Å². The molecule has 0 aliphatic carbocycles. The fourth-order valence-corrected chi connectivity index (χ4v) is 4.15. The summed E-state index contributed by atoms with van der Waals surface area (Å²) in [5.74, 6) is -2.21. The van der Waals surface area contributed by atoms with Crippen molar-refractivity contribution in [1.29, 1.82) is 0 Å². The van der Waals surface area contributed by atoms with Crippen molar-refractivity contribution in [3.63, 3.8) is 0 Å². The van der Waals surface area contributed by atoms with E-state index in [4.69, 9.17) is 5.11 Å². The van der Waals surface area contributed by atoms with Crippen LogP contribution >= 0.6 is 11.8 Å². The summed E-state index contributed by atoms with van der Waals surface area (Å²) >= 11 is 1.24. The summed E-state index contributed by atoms with van der Waals surface area (Å²) in [5.41, 5.74) is 2.04. The summed E-state index contributed by atoms with van der Waals surface area (Å²) < 4.78 is 0. The van der Waals surface area contributed by atoms with Crippen molar-refractivity contribution in [1.82, 2.24) is 0 Å². The van der Waals surface area contributed by atoms with E-state index >= 15 is 0 Å². The molecule has 0 heterocycles. The molecule has 3 aromatic rings. The van der Waals surface area contributed by atoms with E-state index in [0.717, 1.165) is 17.7 Å². The summed E-state index contributed by atoms with van der Waals surface area (Å²) in [5, 5.41) is 24.5. The van der Waals surface area contributed by atoms with Crippen molar-refractivity contribution >= 4 is 46.6 Å². The number of benzene rings is 3. The second-order valence-electron chi connectivity index (χ2n) is 7.34. The van der Waals surface area contributed by atoms with Crippen molar-refractivity contribution < 1.29 is 24.4 Å². The van der Waals surface area contributed by atoms with Gasteiger partial charge in [0.1, 0.15) is 5.25 Å². The van der Waals surface area contributed by atoms with Crippen LogP contribution in [0.5, 0.6) is 0 Å². The van der Waals surface area contributed by atoms with Crippen LogP contribution in [0.2, 0.25) is 0 Å². The van der Waals surface area contributed by atoms with Crippen molar-refractivity contribution in [2.45, 2.75) is 17.1 Å². The molecule has 35 heavy (non-hydrogen) atoms. The van der Waals surface area contributed by atoms with Gasteiger partial charge < -0.3 is 15.7 Å². The fourth-order valence-electron chi connectivity index (χ4n) is 3.07. The average molecular weight is 492 g/mol. The number of nitrogens with one attached hydrogen (secondary N) is 2. The highest BCUT2D eigenvalue weighted by Crippen LogP contribution is 2.37. The third-order valence-corrected chi connectivity index (χ3v) is 6.01. The SMILES string of the molecule is Cc1ccc([N+](=O)[O-])cc1NC(=O)C(Sc1cccc(NC(=O)/C=C/C(=O)O)c1)c1ccccc1. The quantitative estimate of drug-likeness (QED) is 0.166. The Hall–Kier alpha value is -4.44. The molecule has 0 spiro atoms. The zero-order valence-electron chi connectivity index (χ0n) is 18.5. The molecule has 0 radical (unpaired) electrons. The summed E-state index contributed by atoms with van der Waals surface area (Å²) in [7, 11) is 0. The number of nitrogens with zero attached hydrogens (tertiary/aromatic N) is 1. The van der Waals surface area contributed by atoms with Crippen LogP contribution < -0.4 is 10.6 Å². The maximum Gasteiger partial charge on any atom is 0.328 e. The van der Waals surface area contributed by atoms with Gasteiger partial charge in [0.15, 0.2) is 0 Å². The number of nitro benzene ring substituents is 1. The second-order valence-corrected chi connectivity index (χ2v) is 8.52. The van der Waals surface area contributed by atoms with Crippen LogP contribution in [0.3, 0.4) is 0 Å². The molecule has 0 bridgehead atoms. The van der Waals surface area contributed by atoms with Gasteiger partial charge in [0.25, 0.3) is 5.69 Å². The minimum absolute atomic E-state index is 0.129. The molecule has 0 fully saturated rings. The number of aryl methyl sites for hydroxylation is 1. The molecule has 3 N–H and O–H groups in total. The number of carbonyl (C=O) groups excluding carboxylic acids is 2. The minimum Gasteiger partial charge on any atom is -0.478 e. The first-order chi connectivity index (χ1) is 16.7. The van der Waals surface area contributed by atoms with Crippen molar-refractivity contribution in [3.05, 3.63) is 106 Å². The minimum atomic E-state index is -1.24. The molecule has 9 nitrogen and oxygen atoms in total. The zero-order valence-corrected chi connectivity index (χ0v) is 19.3. The van der Waals surface area contributed by atoms with Gasteiger partial charge in [-0.05, 0) is 36.2 Å². The van der Waals surface area contributed by atoms with Gasteiger partial charge in [-0.25, -0.2) is 4.79 Å². The first kappa shape index (κ1) is 25.2. The van der Waals surface area contributed by atoms with E-state index in [-0.39, 0.29) is 11.6 Å². The average Bonchev–Trinajstić information content (AvgIpc) is 2.83. The Bertz CT molecular complexity index is 1290. The number of rotatable bonds is 9. The Labute approximate surface area is 205 Å². The van der Waals surface area contributed by atoms with Crippen molar-refractivity contribution in [2.75, 3.05) is 10.6 Å². The highest BCUT2D eigenvalue weighted by atomic mass is 32.2. The summed E-state index contributed by atoms with van der Waals surface area (Å²) in [4.78, 5) is 47.1. The fraction of sp³-hybridized carbons (Fsp3) is 0.0800. The van der Waals surface area contributed by atoms with Crippen LogP contribution in [0, 0.1) is 17.0 Å². The van der Waals surface area contributed by atoms with E-state index in [1.54, 1.807) is 61.5 Å². The van der Waals surface area contributed by atoms with Gasteiger partial charge in [0.2, 0.25) is 11.8 Å². The van der Waals surface area contributed by atoms with Gasteiger partial charge in [-0.2, -0.15) is 0 Å². The number of nitro groups is 1. The number of amides is 2. The van der Waals surface area contributed by atoms with Gasteiger partial charge in [0.05, 0.1) is 10.6 Å². The van der Waals surface area contributed by atoms with Crippen LogP contribution in [0.15, 0.2) is 89.8 Å². The standard InChI is InChI=1S/C25H21N3O6S/c1-16-10-11-19(28(33)34)15-21(16)27-25(32)24(17-6-3-2-4-7-17)35-20-9-5-8-18(14-20)26-22(29)12-13-23(30)31/h2-15,24H,1H3,(H,26,29)(H,27,32)(H,30,31)/b13-12+. The molecular formula is C25H21N3O6S. The molecule has 0 saturated carbocycles. The smallest absolute Gasteiger partial charge is 0.328 e. The van der Waals surface area contributed by atoms with Crippen LogP contribution in [0.4, 0.5) is 17.1 Å². The lowest BCUT2D eigenvalue weighted by Crippen LogP contribution is -2.19. The lowest BCUT2D eigenvalue weighted by molar-refractivity contribution is -0.384. The van der Waals surface area contributed by atoms with Crippen LogP contribution in [0.1, 0.15) is 16.4 Å². The van der Waals surface area contributed by atoms with E-state index in [1.165, 1.54) is 23.9 Å². The second kappa shape index (κ2) is 11.6. The van der Waals surface area contributed by atoms with Crippen LogP contribution in [-0.2, 0) is 14.4 Å². The predicted octanol–water partition coefficient (Wildman–Crippen LogP) is 4.95. The lowest BCUT2D eigenvalue weighted by Gasteiger charge is -2.18. The molecular weight excluding hydrogens is 470 g/mol. The van der Waals surface area contributed by atoms with Gasteiger partial charge in [-0.1, -0.05) is 42.5 Å². The first-order valence-corrected chi connectivity index (χ1v) is 11.2. The van der Waals surface area contributed by atoms with E-state index in [1.807, 2.05) is 6.07 Å². The maximum absolute atomic E-state index is 13.3. The highest BCUT2D eigenvalue weighted by molar-refractivity contribution is 8.00. The molecule has 0 saturated heterocycles. The molecule has 1 atom stereocenters. The Kier molecular flexibility index (Phi) is 8.36. The third-order valence-electron chi connectivity index (χ3n) is 4.76. The molecule has 0 aliphatic rings. The Morgan fingerprint density at radius 2 is 1.71 bits per heavy atom. The Morgan fingerprint density at radius 1 is 0.971 bits per heavy atom. The molecule has 1 unspecified atom stereocenters. The molecule has 10 heteroatoms. The zero-order chi connectivity index (χ0) is 25.4. The van der Waals surface area contributed by atoms with Gasteiger partial charge in [-0.15, -0.1) is 11.8 Å². The van der Waals surface area contributed by atoms with Gasteiger partial charge in [0, 0.05) is 34.9 Å². The third kappa shape index (κ3) is 7.27. The molecule has 3 aromatic carbocycles. The number of carbonyl (C=O) groups is 3. The van der Waals surface area contributed by atoms with Crippen LogP contribution in [-0.4, -0.2) is 27.8 Å². The summed E-state index contributed by atoms with van der Waals surface area (Å²) in [6, 6.07) is 20.1. The number of hydrogen-bond acceptors (Lipinski definition) is 6. The van der Waals surface area contributed by atoms with E-state index in [9.17, 15) is 24.5 Å². The molecule has 3 rings (SSSR count). The van der Waals surface area contributed by atoms with Crippen molar-refractivity contribution in [3.8, 4) is 0 Å². The Balaban J connectivity index is 1.85. The molecule has 0 aromatic heterocycles.